The van der Waals surface area contributed by atoms with Crippen molar-refractivity contribution in [3.8, 4) is 11.5 Å². The molecule has 2 aromatic carbocycles. The Labute approximate surface area is 225 Å². The van der Waals surface area contributed by atoms with Crippen molar-refractivity contribution >= 4 is 31.9 Å². The fourth-order valence-corrected chi connectivity index (χ4v) is 4.68. The largest absolute Gasteiger partial charge is 0.455 e. The van der Waals surface area contributed by atoms with E-state index in [1.807, 2.05) is 48.5 Å². The molecule has 190 valence electrons. The van der Waals surface area contributed by atoms with Gasteiger partial charge in [-0.15, -0.1) is 0 Å². The van der Waals surface area contributed by atoms with E-state index in [1.165, 1.54) is 89.9 Å². The maximum atomic E-state index is 6.17. The highest BCUT2D eigenvalue weighted by Crippen LogP contribution is 2.23. The summed E-state index contributed by atoms with van der Waals surface area (Å²) in [6.45, 7) is 2.29. The fourth-order valence-electron chi connectivity index (χ4n) is 4.15. The van der Waals surface area contributed by atoms with Crippen LogP contribution in [0.15, 0.2) is 57.5 Å². The predicted octanol–water partition coefficient (Wildman–Crippen LogP) is 11.3. The van der Waals surface area contributed by atoms with Gasteiger partial charge in [0.25, 0.3) is 0 Å². The van der Waals surface area contributed by atoms with Gasteiger partial charge >= 0.3 is 0 Å². The second-order valence-corrected chi connectivity index (χ2v) is 11.1. The molecule has 2 nitrogen and oxygen atoms in total. The SMILES string of the molecule is CCCCCCCCCCCCCCCCCC(Oc1ccc(Br)cc1)Oc1ccc(Br)cc1. The average Bonchev–Trinajstić information content (AvgIpc) is 2.84. The number of hydrogen-bond donors (Lipinski definition) is 0. The maximum Gasteiger partial charge on any atom is 0.241 e. The lowest BCUT2D eigenvalue weighted by atomic mass is 10.0. The minimum absolute atomic E-state index is 0.274. The van der Waals surface area contributed by atoms with E-state index < -0.39 is 0 Å². The number of unbranched alkanes of at least 4 members (excludes halogenated alkanes) is 14. The van der Waals surface area contributed by atoms with E-state index in [1.54, 1.807) is 0 Å². The van der Waals surface area contributed by atoms with Crippen LogP contribution < -0.4 is 9.47 Å². The van der Waals surface area contributed by atoms with E-state index in [4.69, 9.17) is 9.47 Å². The van der Waals surface area contributed by atoms with E-state index in [-0.39, 0.29) is 6.29 Å². The van der Waals surface area contributed by atoms with E-state index in [2.05, 4.69) is 38.8 Å². The predicted molar refractivity (Wildman–Crippen MR) is 153 cm³/mol. The zero-order valence-electron chi connectivity index (χ0n) is 21.1. The van der Waals surface area contributed by atoms with Crippen molar-refractivity contribution in [3.05, 3.63) is 57.5 Å². The van der Waals surface area contributed by atoms with Crippen LogP contribution in [0.3, 0.4) is 0 Å². The van der Waals surface area contributed by atoms with Gasteiger partial charge in [-0.1, -0.05) is 129 Å². The number of ether oxygens (including phenoxy) is 2. The van der Waals surface area contributed by atoms with E-state index in [0.717, 1.165) is 33.3 Å². The van der Waals surface area contributed by atoms with Gasteiger partial charge < -0.3 is 9.47 Å². The molecule has 0 bridgehead atoms. The summed E-state index contributed by atoms with van der Waals surface area (Å²) in [4.78, 5) is 0. The Balaban J connectivity index is 1.56. The van der Waals surface area contributed by atoms with E-state index in [9.17, 15) is 0 Å². The fraction of sp³-hybridized carbons (Fsp3) is 0.600. The van der Waals surface area contributed by atoms with Crippen LogP contribution in [0.2, 0.25) is 0 Å². The lowest BCUT2D eigenvalue weighted by molar-refractivity contribution is -0.00247. The third kappa shape index (κ3) is 14.4. The third-order valence-corrected chi connectivity index (χ3v) is 7.26. The smallest absolute Gasteiger partial charge is 0.241 e. The lowest BCUT2D eigenvalue weighted by Gasteiger charge is -2.21. The highest BCUT2D eigenvalue weighted by atomic mass is 79.9. The van der Waals surface area contributed by atoms with Gasteiger partial charge in [-0.25, -0.2) is 0 Å². The van der Waals surface area contributed by atoms with Gasteiger partial charge in [0.05, 0.1) is 0 Å². The van der Waals surface area contributed by atoms with Crippen molar-refractivity contribution < 1.29 is 9.47 Å². The second kappa shape index (κ2) is 19.2. The van der Waals surface area contributed by atoms with Crippen LogP contribution >= 0.6 is 31.9 Å². The minimum atomic E-state index is -0.274. The van der Waals surface area contributed by atoms with Gasteiger partial charge in [-0.2, -0.15) is 0 Å². The first-order chi connectivity index (χ1) is 16.7. The maximum absolute atomic E-state index is 6.17. The van der Waals surface area contributed by atoms with Crippen molar-refractivity contribution in [3.63, 3.8) is 0 Å². The Morgan fingerprint density at radius 3 is 1.18 bits per heavy atom. The van der Waals surface area contributed by atoms with Crippen LogP contribution in [0, 0.1) is 0 Å². The molecular weight excluding hydrogens is 552 g/mol. The molecule has 0 atom stereocenters. The molecule has 0 saturated heterocycles. The lowest BCUT2D eigenvalue weighted by Crippen LogP contribution is -2.24. The van der Waals surface area contributed by atoms with Gasteiger partial charge in [0.15, 0.2) is 0 Å². The van der Waals surface area contributed by atoms with E-state index in [0.29, 0.717) is 0 Å². The summed E-state index contributed by atoms with van der Waals surface area (Å²) in [5.41, 5.74) is 0. The molecule has 0 amide bonds. The summed E-state index contributed by atoms with van der Waals surface area (Å²) in [6.07, 6.45) is 21.2. The minimum Gasteiger partial charge on any atom is -0.455 e. The molecule has 0 radical (unpaired) electrons. The summed E-state index contributed by atoms with van der Waals surface area (Å²) in [7, 11) is 0. The summed E-state index contributed by atoms with van der Waals surface area (Å²) < 4.78 is 14.4. The Bertz CT molecular complexity index is 683. The quantitative estimate of drug-likeness (QED) is 0.112. The third-order valence-electron chi connectivity index (χ3n) is 6.21. The molecule has 0 aromatic heterocycles. The Kier molecular flexibility index (Phi) is 16.5. The van der Waals surface area contributed by atoms with Crippen LogP contribution in [-0.2, 0) is 0 Å². The summed E-state index contributed by atoms with van der Waals surface area (Å²) >= 11 is 6.97. The van der Waals surface area contributed by atoms with Crippen molar-refractivity contribution in [2.24, 2.45) is 0 Å². The molecule has 0 aliphatic carbocycles. The number of halogens is 2. The molecule has 2 rings (SSSR count). The summed E-state index contributed by atoms with van der Waals surface area (Å²) in [6, 6.07) is 15.9. The number of benzene rings is 2. The average molecular weight is 596 g/mol. The molecule has 0 saturated carbocycles. The van der Waals surface area contributed by atoms with Gasteiger partial charge in [0.2, 0.25) is 6.29 Å². The first-order valence-electron chi connectivity index (χ1n) is 13.5. The summed E-state index contributed by atoms with van der Waals surface area (Å²) in [5.74, 6) is 1.68. The second-order valence-electron chi connectivity index (χ2n) is 9.31. The highest BCUT2D eigenvalue weighted by molar-refractivity contribution is 9.10. The number of rotatable bonds is 20. The molecule has 4 heteroatoms. The topological polar surface area (TPSA) is 18.5 Å². The zero-order chi connectivity index (χ0) is 24.3. The first-order valence-corrected chi connectivity index (χ1v) is 15.1. The van der Waals surface area contributed by atoms with Crippen LogP contribution in [0.25, 0.3) is 0 Å². The van der Waals surface area contributed by atoms with Crippen molar-refractivity contribution in [1.82, 2.24) is 0 Å². The molecule has 0 aliphatic rings. The Morgan fingerprint density at radius 1 is 0.500 bits per heavy atom. The van der Waals surface area contributed by atoms with Gasteiger partial charge in [-0.3, -0.25) is 0 Å². The molecule has 0 heterocycles. The van der Waals surface area contributed by atoms with E-state index >= 15 is 0 Å². The van der Waals surface area contributed by atoms with Crippen molar-refractivity contribution in [2.45, 2.75) is 116 Å². The monoisotopic (exact) mass is 594 g/mol. The molecule has 2 aromatic rings. The molecule has 0 fully saturated rings. The standard InChI is InChI=1S/C30H44Br2O2/c1-2-3-4-5-6-7-8-9-10-11-12-13-14-15-16-17-30(33-28-22-18-26(31)19-23-28)34-29-24-20-27(32)21-25-29/h18-25,30H,2-17H2,1H3. The Morgan fingerprint density at radius 2 is 0.824 bits per heavy atom. The van der Waals surface area contributed by atoms with Crippen molar-refractivity contribution in [1.29, 1.82) is 0 Å². The first kappa shape index (κ1) is 29.2. The molecule has 0 N–H and O–H groups in total. The zero-order valence-corrected chi connectivity index (χ0v) is 24.3. The summed E-state index contributed by atoms with van der Waals surface area (Å²) in [5, 5.41) is 0. The normalized spacial score (nSPS) is 11.2. The molecule has 0 spiro atoms. The molecular formula is C30H44Br2O2. The van der Waals surface area contributed by atoms with Crippen LogP contribution in [0.4, 0.5) is 0 Å². The van der Waals surface area contributed by atoms with Gasteiger partial charge in [0.1, 0.15) is 11.5 Å². The number of hydrogen-bond acceptors (Lipinski definition) is 2. The van der Waals surface area contributed by atoms with Crippen LogP contribution in [-0.4, -0.2) is 6.29 Å². The molecule has 0 aliphatic heterocycles. The van der Waals surface area contributed by atoms with Crippen LogP contribution in [0.5, 0.6) is 11.5 Å². The molecule has 0 unspecified atom stereocenters. The van der Waals surface area contributed by atoms with Gasteiger partial charge in [-0.05, 0) is 55.0 Å². The van der Waals surface area contributed by atoms with Crippen LogP contribution in [0.1, 0.15) is 110 Å². The van der Waals surface area contributed by atoms with Crippen molar-refractivity contribution in [2.75, 3.05) is 0 Å². The Hall–Kier alpha value is -1.00. The highest BCUT2D eigenvalue weighted by Gasteiger charge is 2.13. The molecule has 34 heavy (non-hydrogen) atoms. The van der Waals surface area contributed by atoms with Gasteiger partial charge in [0, 0.05) is 15.4 Å².